The maximum absolute atomic E-state index is 11.0. The summed E-state index contributed by atoms with van der Waals surface area (Å²) in [6, 6.07) is 0. The second-order valence-corrected chi connectivity index (χ2v) is 3.69. The molecule has 3 nitrogen and oxygen atoms in total. The van der Waals surface area contributed by atoms with Crippen LogP contribution in [0.1, 0.15) is 13.3 Å². The van der Waals surface area contributed by atoms with Crippen LogP contribution < -0.4 is 0 Å². The van der Waals surface area contributed by atoms with Gasteiger partial charge in [0.1, 0.15) is 0 Å². The molecule has 0 saturated carbocycles. The topological polar surface area (TPSA) is 32.7 Å². The molecule has 0 spiro atoms. The van der Waals surface area contributed by atoms with Crippen LogP contribution in [0.25, 0.3) is 0 Å². The monoisotopic (exact) mass is 252 g/mol. The first kappa shape index (κ1) is 7.97. The third-order valence-electron chi connectivity index (χ3n) is 1.32. The Morgan fingerprint density at radius 3 is 3.20 bits per heavy atom. The zero-order valence-electron chi connectivity index (χ0n) is 5.75. The highest BCUT2D eigenvalue weighted by atomic mass is 127. The van der Waals surface area contributed by atoms with Gasteiger partial charge in [-0.05, 0) is 6.92 Å². The average Bonchev–Trinajstić information content (AvgIpc) is 1.88. The Hall–Kier alpha value is -0.130. The molecule has 1 aliphatic heterocycles. The van der Waals surface area contributed by atoms with E-state index in [2.05, 4.69) is 27.7 Å². The zero-order chi connectivity index (χ0) is 7.56. The summed E-state index contributed by atoms with van der Waals surface area (Å²) in [6.45, 7) is 2.60. The van der Waals surface area contributed by atoms with Gasteiger partial charge in [0.05, 0.1) is 3.92 Å². The van der Waals surface area contributed by atoms with Crippen LogP contribution in [0, 0.1) is 0 Å². The molecule has 56 valence electrons. The van der Waals surface area contributed by atoms with Crippen LogP contribution in [0.15, 0.2) is 5.10 Å². The van der Waals surface area contributed by atoms with E-state index in [1.165, 1.54) is 5.01 Å². The molecule has 0 aliphatic carbocycles. The largest absolute Gasteiger partial charge is 0.273 e. The average molecular weight is 252 g/mol. The van der Waals surface area contributed by atoms with E-state index < -0.39 is 0 Å². The standard InChI is InChI=1S/C6H9IN2O/c1-2-9-6(10)3-5(7)4-8-9/h4-5H,2-3H2,1H3. The molecule has 10 heavy (non-hydrogen) atoms. The van der Waals surface area contributed by atoms with Crippen LogP contribution in [0.4, 0.5) is 0 Å². The lowest BCUT2D eigenvalue weighted by Crippen LogP contribution is -2.32. The highest BCUT2D eigenvalue weighted by molar-refractivity contribution is 14.1. The molecule has 4 heteroatoms. The van der Waals surface area contributed by atoms with E-state index in [4.69, 9.17) is 0 Å². The molecular weight excluding hydrogens is 243 g/mol. The van der Waals surface area contributed by atoms with Gasteiger partial charge in [0.15, 0.2) is 0 Å². The quantitative estimate of drug-likeness (QED) is 0.506. The lowest BCUT2D eigenvalue weighted by atomic mass is 10.3. The number of carbonyl (C=O) groups excluding carboxylic acids is 1. The highest BCUT2D eigenvalue weighted by Gasteiger charge is 2.18. The van der Waals surface area contributed by atoms with E-state index in [-0.39, 0.29) is 9.83 Å². The summed E-state index contributed by atoms with van der Waals surface area (Å²) in [5.41, 5.74) is 0. The van der Waals surface area contributed by atoms with Gasteiger partial charge in [0.25, 0.3) is 0 Å². The van der Waals surface area contributed by atoms with Gasteiger partial charge in [-0.2, -0.15) is 5.10 Å². The van der Waals surface area contributed by atoms with Crippen molar-refractivity contribution < 1.29 is 4.79 Å². The molecule has 1 atom stereocenters. The molecule has 1 rings (SSSR count). The Balaban J connectivity index is 2.62. The molecule has 0 aromatic heterocycles. The van der Waals surface area contributed by atoms with Gasteiger partial charge in [-0.15, -0.1) is 0 Å². The van der Waals surface area contributed by atoms with Gasteiger partial charge < -0.3 is 0 Å². The van der Waals surface area contributed by atoms with Gasteiger partial charge in [-0.25, -0.2) is 5.01 Å². The first-order valence-electron chi connectivity index (χ1n) is 3.22. The Morgan fingerprint density at radius 1 is 2.00 bits per heavy atom. The highest BCUT2D eigenvalue weighted by Crippen LogP contribution is 2.11. The molecule has 0 aromatic rings. The first-order valence-corrected chi connectivity index (χ1v) is 4.47. The van der Waals surface area contributed by atoms with Crippen LogP contribution in [-0.2, 0) is 4.79 Å². The van der Waals surface area contributed by atoms with Gasteiger partial charge in [-0.3, -0.25) is 4.79 Å². The van der Waals surface area contributed by atoms with Crippen LogP contribution in [0.3, 0.4) is 0 Å². The molecule has 0 saturated heterocycles. The number of halogens is 1. The van der Waals surface area contributed by atoms with Crippen molar-refractivity contribution in [2.75, 3.05) is 6.54 Å². The molecule has 1 heterocycles. The van der Waals surface area contributed by atoms with Crippen molar-refractivity contribution in [2.24, 2.45) is 5.10 Å². The molecule has 0 N–H and O–H groups in total. The van der Waals surface area contributed by atoms with Crippen molar-refractivity contribution in [2.45, 2.75) is 17.3 Å². The van der Waals surface area contributed by atoms with E-state index in [1.807, 2.05) is 13.1 Å². The van der Waals surface area contributed by atoms with Gasteiger partial charge in [0, 0.05) is 19.2 Å². The summed E-state index contributed by atoms with van der Waals surface area (Å²) in [6.07, 6.45) is 2.41. The molecule has 0 radical (unpaired) electrons. The van der Waals surface area contributed by atoms with Gasteiger partial charge >= 0.3 is 0 Å². The molecule has 0 aromatic carbocycles. The van der Waals surface area contributed by atoms with Gasteiger partial charge in [-0.1, -0.05) is 22.6 Å². The fourth-order valence-electron chi connectivity index (χ4n) is 0.800. The maximum Gasteiger partial charge on any atom is 0.244 e. The number of hydrogen-bond acceptors (Lipinski definition) is 2. The molecule has 1 amide bonds. The van der Waals surface area contributed by atoms with Crippen molar-refractivity contribution in [3.05, 3.63) is 0 Å². The summed E-state index contributed by atoms with van der Waals surface area (Å²) in [4.78, 5) is 11.0. The SMILES string of the molecule is CCN1N=CC(I)CC1=O. The first-order chi connectivity index (χ1) is 4.74. The van der Waals surface area contributed by atoms with E-state index in [0.29, 0.717) is 13.0 Å². The number of carbonyl (C=O) groups is 1. The van der Waals surface area contributed by atoms with Crippen molar-refractivity contribution >= 4 is 34.7 Å². The third-order valence-corrected chi connectivity index (χ3v) is 2.09. The molecule has 1 aliphatic rings. The predicted octanol–water partition coefficient (Wildman–Crippen LogP) is 1.03. The molecule has 0 bridgehead atoms. The van der Waals surface area contributed by atoms with E-state index in [0.717, 1.165) is 0 Å². The third kappa shape index (κ3) is 1.68. The summed E-state index contributed by atoms with van der Waals surface area (Å²) in [5, 5.41) is 5.46. The minimum absolute atomic E-state index is 0.129. The van der Waals surface area contributed by atoms with Crippen molar-refractivity contribution in [3.63, 3.8) is 0 Å². The second kappa shape index (κ2) is 3.32. The summed E-state index contributed by atoms with van der Waals surface area (Å²) >= 11 is 2.20. The predicted molar refractivity (Wildman–Crippen MR) is 48.3 cm³/mol. The second-order valence-electron chi connectivity index (χ2n) is 2.09. The molecule has 0 fully saturated rings. The van der Waals surface area contributed by atoms with E-state index in [9.17, 15) is 4.79 Å². The minimum atomic E-state index is 0.129. The number of nitrogens with zero attached hydrogens (tertiary/aromatic N) is 2. The Bertz CT molecular complexity index is 169. The molecule has 1 unspecified atom stereocenters. The number of alkyl halides is 1. The van der Waals surface area contributed by atoms with Crippen molar-refractivity contribution in [1.29, 1.82) is 0 Å². The van der Waals surface area contributed by atoms with Crippen molar-refractivity contribution in [3.8, 4) is 0 Å². The number of hydrogen-bond donors (Lipinski definition) is 0. The lowest BCUT2D eigenvalue weighted by Gasteiger charge is -2.19. The fourth-order valence-corrected chi connectivity index (χ4v) is 1.32. The summed E-state index contributed by atoms with van der Waals surface area (Å²) in [5.74, 6) is 0.129. The van der Waals surface area contributed by atoms with Crippen LogP contribution in [-0.4, -0.2) is 27.6 Å². The Morgan fingerprint density at radius 2 is 2.70 bits per heavy atom. The van der Waals surface area contributed by atoms with Crippen molar-refractivity contribution in [1.82, 2.24) is 5.01 Å². The Labute approximate surface area is 73.6 Å². The number of hydrazone groups is 1. The summed E-state index contributed by atoms with van der Waals surface area (Å²) < 4.78 is 0.285. The Kier molecular flexibility index (Phi) is 2.64. The summed E-state index contributed by atoms with van der Waals surface area (Å²) in [7, 11) is 0. The normalized spacial score (nSPS) is 25.6. The minimum Gasteiger partial charge on any atom is -0.273 e. The van der Waals surface area contributed by atoms with Crippen LogP contribution >= 0.6 is 22.6 Å². The smallest absolute Gasteiger partial charge is 0.244 e. The number of rotatable bonds is 1. The van der Waals surface area contributed by atoms with E-state index >= 15 is 0 Å². The van der Waals surface area contributed by atoms with Gasteiger partial charge in [0.2, 0.25) is 5.91 Å². The fraction of sp³-hybridized carbons (Fsp3) is 0.667. The van der Waals surface area contributed by atoms with E-state index in [1.54, 1.807) is 0 Å². The number of amides is 1. The van der Waals surface area contributed by atoms with Crippen LogP contribution in [0.2, 0.25) is 0 Å². The van der Waals surface area contributed by atoms with Crippen LogP contribution in [0.5, 0.6) is 0 Å². The maximum atomic E-state index is 11.0. The lowest BCUT2D eigenvalue weighted by molar-refractivity contribution is -0.131. The zero-order valence-corrected chi connectivity index (χ0v) is 7.91. The molecular formula is C6H9IN2O.